The minimum atomic E-state index is -1.15. The number of rotatable bonds is 12. The minimum absolute atomic E-state index is 0.00906. The van der Waals surface area contributed by atoms with E-state index in [9.17, 15) is 19.5 Å². The molecule has 78 heavy (non-hydrogen) atoms. The zero-order valence-corrected chi connectivity index (χ0v) is 46.7. The molecule has 16 heteroatoms. The highest BCUT2D eigenvalue weighted by Gasteiger charge is 2.53. The fourth-order valence-electron chi connectivity index (χ4n) is 13.2. The summed E-state index contributed by atoms with van der Waals surface area (Å²) >= 11 is 0. The maximum Gasteiger partial charge on any atom is 0.325 e. The van der Waals surface area contributed by atoms with Crippen LogP contribution < -0.4 is 15.6 Å². The molecule has 3 amide bonds. The summed E-state index contributed by atoms with van der Waals surface area (Å²) in [6, 6.07) is 21.7. The monoisotopic (exact) mass is 1060 g/mol. The van der Waals surface area contributed by atoms with Gasteiger partial charge in [0.05, 0.1) is 36.0 Å². The van der Waals surface area contributed by atoms with Gasteiger partial charge in [-0.2, -0.15) is 0 Å². The summed E-state index contributed by atoms with van der Waals surface area (Å²) in [7, 11) is 3.35. The van der Waals surface area contributed by atoms with Gasteiger partial charge in [0.25, 0.3) is 11.8 Å². The molecule has 2 aromatic heterocycles. The van der Waals surface area contributed by atoms with Crippen molar-refractivity contribution in [3.8, 4) is 28.1 Å². The SMILES string of the molecule is CCn1c(-c2cc(N3CCN(C4CC4)CC3)cnc2[C@H](C)OC)c2c3cc(ccc31)-c1cc(O)cc(c1)C[C@H](NC(=O)[C@H](C(C)C)N(C)C(=O)[C@@H]1OCC[C@@H]1c1ccccc1)C(=O)N1CC3C[C@@H]3[C@H](N1)C(=O)OCC(C)(C)C2. The Kier molecular flexibility index (Phi) is 14.9. The van der Waals surface area contributed by atoms with Crippen molar-refractivity contribution < 1.29 is 38.5 Å². The molecule has 3 N–H and O–H groups in total. The van der Waals surface area contributed by atoms with Gasteiger partial charge in [-0.15, -0.1) is 0 Å². The number of phenolic OH excluding ortho intramolecular Hbond substituents is 1. The molecule has 5 fully saturated rings. The molecule has 0 radical (unpaired) electrons. The maximum absolute atomic E-state index is 15.1. The highest BCUT2D eigenvalue weighted by molar-refractivity contribution is 5.96. The molecule has 11 rings (SSSR count). The molecule has 16 nitrogen and oxygen atoms in total. The number of hydrazine groups is 1. The number of pyridine rings is 1. The number of benzene rings is 3. The molecule has 8 atom stereocenters. The average molecular weight is 1060 g/mol. The Morgan fingerprint density at radius 1 is 0.974 bits per heavy atom. The molecule has 1 unspecified atom stereocenters. The average Bonchev–Trinajstić information content (AvgIpc) is 4.56. The molecule has 3 aromatic carbocycles. The van der Waals surface area contributed by atoms with Crippen LogP contribution in [0.1, 0.15) is 102 Å². The molecule has 6 bridgehead atoms. The summed E-state index contributed by atoms with van der Waals surface area (Å²) in [4.78, 5) is 70.6. The number of hydrogen-bond donors (Lipinski definition) is 3. The van der Waals surface area contributed by atoms with Gasteiger partial charge in [-0.05, 0) is 122 Å². The number of ether oxygens (including phenoxy) is 3. The van der Waals surface area contributed by atoms with E-state index in [1.54, 1.807) is 26.3 Å². The quantitative estimate of drug-likeness (QED) is 0.105. The number of carbonyl (C=O) groups excluding carboxylic acids is 4. The Labute approximate surface area is 458 Å². The van der Waals surface area contributed by atoms with Gasteiger partial charge in [0, 0.05) is 100 Å². The van der Waals surface area contributed by atoms with Crippen LogP contribution in [0.25, 0.3) is 33.3 Å². The highest BCUT2D eigenvalue weighted by Crippen LogP contribution is 2.47. The van der Waals surface area contributed by atoms with Crippen LogP contribution in [0.4, 0.5) is 5.69 Å². The second-order valence-corrected chi connectivity index (χ2v) is 24.1. The first-order chi connectivity index (χ1) is 37.5. The van der Waals surface area contributed by atoms with Crippen LogP contribution in [-0.2, 0) is 52.8 Å². The number of fused-ring (bicyclic) bond motifs is 8. The summed E-state index contributed by atoms with van der Waals surface area (Å²) in [5.41, 5.74) is 12.0. The first-order valence-electron chi connectivity index (χ1n) is 28.5. The zero-order chi connectivity index (χ0) is 54.7. The molecule has 4 aliphatic heterocycles. The van der Waals surface area contributed by atoms with Crippen LogP contribution in [0, 0.1) is 23.2 Å². The van der Waals surface area contributed by atoms with Gasteiger partial charge in [-0.1, -0.05) is 70.2 Å². The molecular formula is C62H78N8O8. The van der Waals surface area contributed by atoms with Gasteiger partial charge in [-0.25, -0.2) is 5.43 Å². The number of cyclic esters (lactones) is 1. The lowest BCUT2D eigenvalue weighted by atomic mass is 9.84. The molecule has 2 saturated carbocycles. The number of aryl methyl sites for hydroxylation is 1. The van der Waals surface area contributed by atoms with Crippen LogP contribution in [0.15, 0.2) is 79.0 Å². The third-order valence-electron chi connectivity index (χ3n) is 17.6. The van der Waals surface area contributed by atoms with Crippen LogP contribution in [0.5, 0.6) is 5.75 Å². The van der Waals surface area contributed by atoms with Gasteiger partial charge in [-0.3, -0.25) is 34.1 Å². The number of likely N-dealkylation sites (N-methyl/N-ethyl adjacent to an activating group) is 1. The van der Waals surface area contributed by atoms with Gasteiger partial charge < -0.3 is 39.0 Å². The van der Waals surface area contributed by atoms with Crippen molar-refractivity contribution in [3.63, 3.8) is 0 Å². The number of esters is 1. The van der Waals surface area contributed by atoms with Crippen LogP contribution in [-0.4, -0.2) is 144 Å². The topological polar surface area (TPSA) is 171 Å². The second-order valence-electron chi connectivity index (χ2n) is 24.1. The highest BCUT2D eigenvalue weighted by atomic mass is 16.5. The summed E-state index contributed by atoms with van der Waals surface area (Å²) in [5, 5.41) is 17.2. The van der Waals surface area contributed by atoms with Gasteiger partial charge in [0.15, 0.2) is 0 Å². The van der Waals surface area contributed by atoms with Gasteiger partial charge >= 0.3 is 5.97 Å². The van der Waals surface area contributed by atoms with E-state index >= 15 is 4.79 Å². The summed E-state index contributed by atoms with van der Waals surface area (Å²) in [6.45, 7) is 17.7. The van der Waals surface area contributed by atoms with E-state index < -0.39 is 47.4 Å². The first kappa shape index (κ1) is 53.7. The summed E-state index contributed by atoms with van der Waals surface area (Å²) < 4.78 is 20.8. The van der Waals surface area contributed by atoms with Crippen LogP contribution in [0.2, 0.25) is 0 Å². The predicted octanol–water partition coefficient (Wildman–Crippen LogP) is 7.65. The van der Waals surface area contributed by atoms with E-state index in [1.165, 1.54) is 22.8 Å². The molecule has 6 aliphatic rings. The molecule has 5 aromatic rings. The molecular weight excluding hydrogens is 985 g/mol. The number of amides is 3. The number of anilines is 1. The molecule has 2 aliphatic carbocycles. The normalized spacial score (nSPS) is 25.3. The number of nitrogens with one attached hydrogen (secondary N) is 2. The maximum atomic E-state index is 15.1. The molecule has 0 spiro atoms. The standard InChI is InChI=1S/C62H78N8O8/c1-9-69-52-18-15-40-29-48(52)50(56(69)49-31-44(33-63-53(49)37(4)76-8)68-22-20-67(21-23-68)43-16-17-43)32-62(5,6)35-78-61(75)54-47-30-42(47)34-70(65-54)59(73)51(27-38-25-41(40)28-45(71)26-38)64-58(72)55(36(2)3)66(7)60(74)57-46(19-24-77-57)39-13-11-10-12-14-39/h10-15,18,25-26,28-29,31,33,36-37,42-43,46-47,51,54-55,57,65,71H,9,16-17,19-24,27,30,32,34-35H2,1-8H3,(H,64,72)/t37-,42?,46+,47-,51-,54-,55-,57+/m0/s1. The smallest absolute Gasteiger partial charge is 0.325 e. The lowest BCUT2D eigenvalue weighted by Gasteiger charge is -2.37. The van der Waals surface area contributed by atoms with Gasteiger partial charge in [0.1, 0.15) is 30.0 Å². The zero-order valence-electron chi connectivity index (χ0n) is 46.7. The Bertz CT molecular complexity index is 3070. The van der Waals surface area contributed by atoms with E-state index in [1.807, 2.05) is 63.4 Å². The largest absolute Gasteiger partial charge is 0.508 e. The van der Waals surface area contributed by atoms with Crippen molar-refractivity contribution in [2.24, 2.45) is 23.2 Å². The molecule has 414 valence electrons. The third-order valence-corrected chi connectivity index (χ3v) is 17.6. The number of hydrogen-bond acceptors (Lipinski definition) is 12. The predicted molar refractivity (Wildman–Crippen MR) is 299 cm³/mol. The lowest BCUT2D eigenvalue weighted by Crippen LogP contribution is -2.63. The summed E-state index contributed by atoms with van der Waals surface area (Å²) in [6.07, 6.45) is 5.48. The Morgan fingerprint density at radius 3 is 2.46 bits per heavy atom. The lowest BCUT2D eigenvalue weighted by molar-refractivity contribution is -0.156. The fourth-order valence-corrected chi connectivity index (χ4v) is 13.2. The van der Waals surface area contributed by atoms with Crippen molar-refractivity contribution in [2.75, 3.05) is 65.0 Å². The molecule has 6 heterocycles. The molecule has 3 saturated heterocycles. The van der Waals surface area contributed by atoms with Crippen molar-refractivity contribution in [3.05, 3.63) is 101 Å². The van der Waals surface area contributed by atoms with E-state index in [2.05, 4.69) is 70.1 Å². The fraction of sp³-hybridized carbons (Fsp3) is 0.532. The minimum Gasteiger partial charge on any atom is -0.508 e. The van der Waals surface area contributed by atoms with E-state index in [0.29, 0.717) is 38.1 Å². The van der Waals surface area contributed by atoms with E-state index in [4.69, 9.17) is 19.2 Å². The van der Waals surface area contributed by atoms with Crippen LogP contribution in [0.3, 0.4) is 0 Å². The van der Waals surface area contributed by atoms with Gasteiger partial charge in [0.2, 0.25) is 5.91 Å². The first-order valence-corrected chi connectivity index (χ1v) is 28.5. The van der Waals surface area contributed by atoms with Crippen molar-refractivity contribution >= 4 is 40.3 Å². The van der Waals surface area contributed by atoms with Crippen molar-refractivity contribution in [2.45, 2.75) is 129 Å². The van der Waals surface area contributed by atoms with E-state index in [-0.39, 0.29) is 54.5 Å². The number of phenols is 1. The van der Waals surface area contributed by atoms with Crippen LogP contribution >= 0.6 is 0 Å². The number of aromatic hydroxyl groups is 1. The second kappa shape index (κ2) is 21.7. The number of nitrogens with zero attached hydrogens (tertiary/aromatic N) is 6. The summed E-state index contributed by atoms with van der Waals surface area (Å²) in [5.74, 6) is -2.10. The number of aromatic nitrogens is 2. The van der Waals surface area contributed by atoms with Crippen molar-refractivity contribution in [1.82, 2.24) is 35.1 Å². The number of piperazine rings is 1. The number of carbonyl (C=O) groups is 4. The Hall–Kier alpha value is -6.33. The van der Waals surface area contributed by atoms with Crippen molar-refractivity contribution in [1.29, 1.82) is 0 Å². The third kappa shape index (κ3) is 10.6. The van der Waals surface area contributed by atoms with E-state index in [0.717, 1.165) is 94.4 Å². The Morgan fingerprint density at radius 2 is 1.74 bits per heavy atom. The Balaban J connectivity index is 0.981. The number of methoxy groups -OCH3 is 1.